The molecule has 0 unspecified atom stereocenters. The van der Waals surface area contributed by atoms with E-state index in [1.807, 2.05) is 24.3 Å². The van der Waals surface area contributed by atoms with Crippen LogP contribution in [-0.4, -0.2) is 11.5 Å². The lowest BCUT2D eigenvalue weighted by Crippen LogP contribution is -1.99. The fraction of sp³-hybridized carbons (Fsp3) is 0.250. The van der Waals surface area contributed by atoms with Crippen LogP contribution in [0.3, 0.4) is 0 Å². The van der Waals surface area contributed by atoms with Crippen LogP contribution in [0.25, 0.3) is 11.5 Å². The number of oxazole rings is 1. The second kappa shape index (κ2) is 5.27. The van der Waals surface area contributed by atoms with E-state index in [1.54, 1.807) is 6.20 Å². The average molecular weight is 281 g/mol. The van der Waals surface area contributed by atoms with Crippen molar-refractivity contribution in [3.05, 3.63) is 40.7 Å². The van der Waals surface area contributed by atoms with Crippen LogP contribution in [0, 0.1) is 0 Å². The summed E-state index contributed by atoms with van der Waals surface area (Å²) >= 11 is 3.47. The zero-order valence-electron chi connectivity index (χ0n) is 8.82. The molecule has 0 radical (unpaired) electrons. The Balaban J connectivity index is 2.22. The Morgan fingerprint density at radius 2 is 2.12 bits per heavy atom. The van der Waals surface area contributed by atoms with Gasteiger partial charge in [0.05, 0.1) is 11.8 Å². The lowest BCUT2D eigenvalue weighted by molar-refractivity contribution is 0.511. The van der Waals surface area contributed by atoms with Crippen molar-refractivity contribution in [2.45, 2.75) is 12.8 Å². The van der Waals surface area contributed by atoms with Gasteiger partial charge in [-0.25, -0.2) is 4.98 Å². The highest BCUT2D eigenvalue weighted by Gasteiger charge is 2.08. The number of halogens is 1. The van der Waals surface area contributed by atoms with E-state index in [4.69, 9.17) is 10.2 Å². The molecule has 84 valence electrons. The fourth-order valence-electron chi connectivity index (χ4n) is 1.46. The lowest BCUT2D eigenvalue weighted by atomic mass is 10.2. The van der Waals surface area contributed by atoms with Crippen molar-refractivity contribution in [2.24, 2.45) is 5.73 Å². The van der Waals surface area contributed by atoms with E-state index >= 15 is 0 Å². The molecule has 2 N–H and O–H groups in total. The molecule has 0 amide bonds. The Morgan fingerprint density at radius 1 is 1.31 bits per heavy atom. The predicted molar refractivity (Wildman–Crippen MR) is 67.0 cm³/mol. The molecule has 16 heavy (non-hydrogen) atoms. The van der Waals surface area contributed by atoms with Gasteiger partial charge in [0.25, 0.3) is 0 Å². The first kappa shape index (κ1) is 11.4. The Morgan fingerprint density at radius 3 is 2.88 bits per heavy atom. The molecule has 0 aliphatic carbocycles. The van der Waals surface area contributed by atoms with E-state index in [9.17, 15) is 0 Å². The largest absolute Gasteiger partial charge is 0.441 e. The van der Waals surface area contributed by atoms with Crippen molar-refractivity contribution >= 4 is 15.9 Å². The molecule has 0 saturated carbocycles. The zero-order valence-corrected chi connectivity index (χ0v) is 10.4. The van der Waals surface area contributed by atoms with Crippen LogP contribution < -0.4 is 5.73 Å². The molecule has 1 aromatic heterocycles. The van der Waals surface area contributed by atoms with E-state index in [0.29, 0.717) is 12.4 Å². The summed E-state index contributed by atoms with van der Waals surface area (Å²) in [5.41, 5.74) is 6.42. The quantitative estimate of drug-likeness (QED) is 0.937. The highest BCUT2D eigenvalue weighted by Crippen LogP contribution is 2.27. The maximum Gasteiger partial charge on any atom is 0.227 e. The smallest absolute Gasteiger partial charge is 0.227 e. The Labute approximate surface area is 103 Å². The Bertz CT molecular complexity index is 468. The normalized spacial score (nSPS) is 10.6. The number of rotatable bonds is 4. The van der Waals surface area contributed by atoms with Crippen molar-refractivity contribution in [1.82, 2.24) is 4.98 Å². The maximum absolute atomic E-state index is 5.66. The van der Waals surface area contributed by atoms with Crippen LogP contribution in [0.4, 0.5) is 0 Å². The molecule has 1 aromatic carbocycles. The third-order valence-corrected chi connectivity index (χ3v) is 2.98. The number of hydrogen-bond donors (Lipinski definition) is 1. The van der Waals surface area contributed by atoms with Gasteiger partial charge in [0.15, 0.2) is 0 Å². The summed E-state index contributed by atoms with van der Waals surface area (Å²) in [6, 6.07) is 7.87. The molecule has 2 aromatic rings. The molecule has 0 aliphatic rings. The molecule has 3 nitrogen and oxygen atoms in total. The minimum atomic E-state index is 0.652. The first-order chi connectivity index (χ1) is 7.81. The van der Waals surface area contributed by atoms with Crippen molar-refractivity contribution < 1.29 is 4.42 Å². The number of nitrogens with zero attached hydrogens (tertiary/aromatic N) is 1. The first-order valence-corrected chi connectivity index (χ1v) is 6.00. The molecule has 2 rings (SSSR count). The fourth-order valence-corrected chi connectivity index (χ4v) is 1.91. The van der Waals surface area contributed by atoms with E-state index < -0.39 is 0 Å². The monoisotopic (exact) mass is 280 g/mol. The van der Waals surface area contributed by atoms with E-state index in [2.05, 4.69) is 20.9 Å². The SMILES string of the molecule is NCCCc1cnc(-c2ccccc2Br)o1. The van der Waals surface area contributed by atoms with Crippen molar-refractivity contribution in [3.8, 4) is 11.5 Å². The van der Waals surface area contributed by atoms with E-state index in [1.165, 1.54) is 0 Å². The summed E-state index contributed by atoms with van der Waals surface area (Å²) in [5, 5.41) is 0. The molecular weight excluding hydrogens is 268 g/mol. The highest BCUT2D eigenvalue weighted by atomic mass is 79.9. The molecule has 0 atom stereocenters. The van der Waals surface area contributed by atoms with Gasteiger partial charge in [0.2, 0.25) is 5.89 Å². The summed E-state index contributed by atoms with van der Waals surface area (Å²) in [4.78, 5) is 4.26. The summed E-state index contributed by atoms with van der Waals surface area (Å²) in [6.45, 7) is 0.672. The molecule has 4 heteroatoms. The maximum atomic E-state index is 5.66. The van der Waals surface area contributed by atoms with Crippen LogP contribution in [-0.2, 0) is 6.42 Å². The second-order valence-electron chi connectivity index (χ2n) is 3.50. The zero-order chi connectivity index (χ0) is 11.4. The summed E-state index contributed by atoms with van der Waals surface area (Å²) < 4.78 is 6.64. The number of aromatic nitrogens is 1. The Hall–Kier alpha value is -1.13. The first-order valence-electron chi connectivity index (χ1n) is 5.21. The number of nitrogens with two attached hydrogens (primary N) is 1. The third-order valence-electron chi connectivity index (χ3n) is 2.29. The Kier molecular flexibility index (Phi) is 3.74. The van der Waals surface area contributed by atoms with Crippen LogP contribution in [0.2, 0.25) is 0 Å². The van der Waals surface area contributed by atoms with Gasteiger partial charge in [-0.05, 0) is 41.0 Å². The summed E-state index contributed by atoms with van der Waals surface area (Å²) in [6.07, 6.45) is 3.53. The molecule has 0 bridgehead atoms. The van der Waals surface area contributed by atoms with Crippen molar-refractivity contribution in [1.29, 1.82) is 0 Å². The number of benzene rings is 1. The molecule has 0 fully saturated rings. The molecule has 0 spiro atoms. The molecule has 0 saturated heterocycles. The number of hydrogen-bond acceptors (Lipinski definition) is 3. The van der Waals surface area contributed by atoms with Crippen LogP contribution in [0.15, 0.2) is 39.4 Å². The number of aryl methyl sites for hydroxylation is 1. The third kappa shape index (κ3) is 2.51. The van der Waals surface area contributed by atoms with Crippen LogP contribution in [0.1, 0.15) is 12.2 Å². The van der Waals surface area contributed by atoms with Gasteiger partial charge >= 0.3 is 0 Å². The molecular formula is C12H13BrN2O. The topological polar surface area (TPSA) is 52.0 Å². The van der Waals surface area contributed by atoms with Crippen LogP contribution in [0.5, 0.6) is 0 Å². The van der Waals surface area contributed by atoms with Gasteiger partial charge < -0.3 is 10.2 Å². The average Bonchev–Trinajstić information content (AvgIpc) is 2.75. The summed E-state index contributed by atoms with van der Waals surface area (Å²) in [7, 11) is 0. The lowest BCUT2D eigenvalue weighted by Gasteiger charge is -1.98. The van der Waals surface area contributed by atoms with E-state index in [-0.39, 0.29) is 0 Å². The van der Waals surface area contributed by atoms with Crippen LogP contribution >= 0.6 is 15.9 Å². The molecule has 0 aliphatic heterocycles. The molecule has 1 heterocycles. The highest BCUT2D eigenvalue weighted by molar-refractivity contribution is 9.10. The predicted octanol–water partition coefficient (Wildman–Crippen LogP) is 3.00. The van der Waals surface area contributed by atoms with Gasteiger partial charge in [0, 0.05) is 10.9 Å². The van der Waals surface area contributed by atoms with Crippen molar-refractivity contribution in [3.63, 3.8) is 0 Å². The van der Waals surface area contributed by atoms with Crippen molar-refractivity contribution in [2.75, 3.05) is 6.54 Å². The standard InChI is InChI=1S/C12H13BrN2O/c13-11-6-2-1-5-10(11)12-15-8-9(16-12)4-3-7-14/h1-2,5-6,8H,3-4,7,14H2. The summed E-state index contributed by atoms with van der Waals surface area (Å²) in [5.74, 6) is 1.54. The minimum absolute atomic E-state index is 0.652. The van der Waals surface area contributed by atoms with Gasteiger partial charge in [-0.2, -0.15) is 0 Å². The van der Waals surface area contributed by atoms with Gasteiger partial charge in [-0.15, -0.1) is 0 Å². The minimum Gasteiger partial charge on any atom is -0.441 e. The van der Waals surface area contributed by atoms with Gasteiger partial charge in [-0.3, -0.25) is 0 Å². The van der Waals surface area contributed by atoms with E-state index in [0.717, 1.165) is 28.6 Å². The van der Waals surface area contributed by atoms with Gasteiger partial charge in [0.1, 0.15) is 5.76 Å². The van der Waals surface area contributed by atoms with Gasteiger partial charge in [-0.1, -0.05) is 12.1 Å². The second-order valence-corrected chi connectivity index (χ2v) is 4.36.